The van der Waals surface area contributed by atoms with Crippen LogP contribution in [0, 0.1) is 12.7 Å². The second-order valence-electron chi connectivity index (χ2n) is 6.56. The second kappa shape index (κ2) is 9.66. The Morgan fingerprint density at radius 3 is 2.82 bits per heavy atom. The normalized spacial score (nSPS) is 10.7. The van der Waals surface area contributed by atoms with Crippen LogP contribution in [0.2, 0.25) is 5.02 Å². The van der Waals surface area contributed by atoms with Crippen molar-refractivity contribution in [2.24, 2.45) is 0 Å². The first-order valence-electron chi connectivity index (χ1n) is 9.04. The van der Waals surface area contributed by atoms with E-state index in [1.54, 1.807) is 24.7 Å². The Labute approximate surface area is 175 Å². The van der Waals surface area contributed by atoms with E-state index in [0.717, 1.165) is 24.2 Å². The summed E-state index contributed by atoms with van der Waals surface area (Å²) in [6.45, 7) is 3.83. The fraction of sp³-hybridized carbons (Fsp3) is 0.238. The van der Waals surface area contributed by atoms with Crippen LogP contribution in [0.5, 0.6) is 0 Å². The smallest absolute Gasteiger partial charge is 0.173 e. The number of hydrogen-bond donors (Lipinski definition) is 1. The van der Waals surface area contributed by atoms with Gasteiger partial charge in [0.25, 0.3) is 0 Å². The molecule has 1 aromatic heterocycles. The fourth-order valence-corrected chi connectivity index (χ4v) is 3.28. The lowest BCUT2D eigenvalue weighted by Gasteiger charge is -2.26. The van der Waals surface area contributed by atoms with Gasteiger partial charge < -0.3 is 14.8 Å². The molecule has 0 bridgehead atoms. The Morgan fingerprint density at radius 2 is 2.11 bits per heavy atom. The van der Waals surface area contributed by atoms with Gasteiger partial charge in [0, 0.05) is 48.3 Å². The summed E-state index contributed by atoms with van der Waals surface area (Å²) in [4.78, 5) is 6.03. The number of imidazole rings is 1. The van der Waals surface area contributed by atoms with Crippen molar-refractivity contribution < 1.29 is 4.39 Å². The maximum absolute atomic E-state index is 14.2. The molecule has 0 aliphatic carbocycles. The quantitative estimate of drug-likeness (QED) is 0.531. The molecule has 0 radical (unpaired) electrons. The first-order chi connectivity index (χ1) is 13.5. The molecule has 4 nitrogen and oxygen atoms in total. The summed E-state index contributed by atoms with van der Waals surface area (Å²) in [6.07, 6.45) is 6.31. The molecule has 0 unspecified atom stereocenters. The molecule has 28 heavy (non-hydrogen) atoms. The van der Waals surface area contributed by atoms with E-state index in [1.165, 1.54) is 6.07 Å². The van der Waals surface area contributed by atoms with E-state index in [1.807, 2.05) is 46.9 Å². The summed E-state index contributed by atoms with van der Waals surface area (Å²) in [5.41, 5.74) is 2.42. The minimum Gasteiger partial charge on any atom is -0.345 e. The van der Waals surface area contributed by atoms with Crippen LogP contribution in [-0.2, 0) is 13.1 Å². The monoisotopic (exact) mass is 416 g/mol. The maximum atomic E-state index is 14.2. The molecular formula is C21H22ClFN4S. The number of thiocarbonyl (C=S) groups is 1. The molecule has 0 aliphatic rings. The van der Waals surface area contributed by atoms with E-state index in [9.17, 15) is 4.39 Å². The molecule has 0 aliphatic heterocycles. The number of nitrogens with one attached hydrogen (secondary N) is 1. The van der Waals surface area contributed by atoms with Crippen molar-refractivity contribution in [1.82, 2.24) is 14.5 Å². The van der Waals surface area contributed by atoms with Gasteiger partial charge in [-0.15, -0.1) is 0 Å². The third-order valence-electron chi connectivity index (χ3n) is 4.43. The molecule has 2 aromatic carbocycles. The molecule has 3 aromatic rings. The molecule has 0 atom stereocenters. The molecule has 146 valence electrons. The number of nitrogens with zero attached hydrogens (tertiary/aromatic N) is 3. The Hall–Kier alpha value is -2.44. The average Bonchev–Trinajstić information content (AvgIpc) is 3.19. The molecule has 0 fully saturated rings. The summed E-state index contributed by atoms with van der Waals surface area (Å²) in [6, 6.07) is 12.5. The zero-order chi connectivity index (χ0) is 19.9. The van der Waals surface area contributed by atoms with Crippen LogP contribution in [0.15, 0.2) is 61.2 Å². The Morgan fingerprint density at radius 1 is 1.29 bits per heavy atom. The van der Waals surface area contributed by atoms with Crippen molar-refractivity contribution in [1.29, 1.82) is 0 Å². The molecular weight excluding hydrogens is 395 g/mol. The summed E-state index contributed by atoms with van der Waals surface area (Å²) < 4.78 is 16.2. The molecule has 3 rings (SSSR count). The summed E-state index contributed by atoms with van der Waals surface area (Å²) >= 11 is 11.8. The van der Waals surface area contributed by atoms with Crippen LogP contribution in [0.3, 0.4) is 0 Å². The minimum atomic E-state index is -0.233. The highest BCUT2D eigenvalue weighted by atomic mass is 35.5. The zero-order valence-corrected chi connectivity index (χ0v) is 17.2. The highest BCUT2D eigenvalue weighted by molar-refractivity contribution is 7.80. The molecule has 0 saturated heterocycles. The number of aromatic nitrogens is 2. The summed E-state index contributed by atoms with van der Waals surface area (Å²) in [7, 11) is 0. The number of hydrogen-bond acceptors (Lipinski definition) is 2. The van der Waals surface area contributed by atoms with Crippen LogP contribution < -0.4 is 5.32 Å². The Balaban J connectivity index is 1.70. The van der Waals surface area contributed by atoms with Crippen molar-refractivity contribution in [3.8, 4) is 0 Å². The van der Waals surface area contributed by atoms with Gasteiger partial charge in [0.15, 0.2) is 5.11 Å². The highest BCUT2D eigenvalue weighted by Gasteiger charge is 2.13. The van der Waals surface area contributed by atoms with Gasteiger partial charge in [-0.25, -0.2) is 9.37 Å². The van der Waals surface area contributed by atoms with Crippen molar-refractivity contribution in [2.45, 2.75) is 26.4 Å². The average molecular weight is 417 g/mol. The topological polar surface area (TPSA) is 33.1 Å². The zero-order valence-electron chi connectivity index (χ0n) is 15.6. The van der Waals surface area contributed by atoms with Gasteiger partial charge in [-0.2, -0.15) is 0 Å². The van der Waals surface area contributed by atoms with E-state index in [-0.39, 0.29) is 5.82 Å². The van der Waals surface area contributed by atoms with Gasteiger partial charge >= 0.3 is 0 Å². The number of anilines is 1. The van der Waals surface area contributed by atoms with E-state index in [4.69, 9.17) is 23.8 Å². The molecule has 0 spiro atoms. The van der Waals surface area contributed by atoms with Gasteiger partial charge in [0.1, 0.15) is 5.82 Å². The molecule has 1 N–H and O–H groups in total. The van der Waals surface area contributed by atoms with E-state index in [0.29, 0.717) is 28.8 Å². The van der Waals surface area contributed by atoms with Crippen LogP contribution in [-0.4, -0.2) is 26.1 Å². The van der Waals surface area contributed by atoms with Crippen molar-refractivity contribution in [2.75, 3.05) is 11.9 Å². The standard InChI is InChI=1S/C21H22ClFN4S/c1-16-7-8-18(13-19(16)22)25-21(28)27(11-4-10-26-12-9-24-15-26)14-17-5-2-3-6-20(17)23/h2-3,5-9,12-13,15H,4,10-11,14H2,1H3,(H,25,28). The maximum Gasteiger partial charge on any atom is 0.173 e. The third kappa shape index (κ3) is 5.53. The van der Waals surface area contributed by atoms with Crippen LogP contribution in [0.25, 0.3) is 0 Å². The second-order valence-corrected chi connectivity index (χ2v) is 7.36. The fourth-order valence-electron chi connectivity index (χ4n) is 2.82. The summed E-state index contributed by atoms with van der Waals surface area (Å²) in [5.74, 6) is -0.233. The molecule has 1 heterocycles. The SMILES string of the molecule is Cc1ccc(NC(=S)N(CCCn2ccnc2)Cc2ccccc2F)cc1Cl. The Kier molecular flexibility index (Phi) is 7.01. The molecule has 0 saturated carbocycles. The lowest BCUT2D eigenvalue weighted by atomic mass is 10.2. The summed E-state index contributed by atoms with van der Waals surface area (Å²) in [5, 5.41) is 4.44. The number of rotatable bonds is 7. The van der Waals surface area contributed by atoms with Gasteiger partial charge in [-0.3, -0.25) is 0 Å². The van der Waals surface area contributed by atoms with E-state index in [2.05, 4.69) is 10.3 Å². The van der Waals surface area contributed by atoms with Gasteiger partial charge in [0.05, 0.1) is 6.33 Å². The third-order valence-corrected chi connectivity index (χ3v) is 5.20. The first-order valence-corrected chi connectivity index (χ1v) is 9.83. The largest absolute Gasteiger partial charge is 0.345 e. The van der Waals surface area contributed by atoms with E-state index >= 15 is 0 Å². The van der Waals surface area contributed by atoms with Crippen molar-refractivity contribution >= 4 is 34.6 Å². The predicted molar refractivity (Wildman–Crippen MR) is 116 cm³/mol. The van der Waals surface area contributed by atoms with Gasteiger partial charge in [-0.1, -0.05) is 35.9 Å². The predicted octanol–water partition coefficient (Wildman–Crippen LogP) is 5.27. The van der Waals surface area contributed by atoms with Crippen LogP contribution in [0.4, 0.5) is 10.1 Å². The van der Waals surface area contributed by atoms with Gasteiger partial charge in [0.2, 0.25) is 0 Å². The number of halogens is 2. The van der Waals surface area contributed by atoms with Crippen molar-refractivity contribution in [3.05, 3.63) is 83.2 Å². The lowest BCUT2D eigenvalue weighted by Crippen LogP contribution is -2.35. The first kappa shape index (κ1) is 20.3. The molecule has 7 heteroatoms. The van der Waals surface area contributed by atoms with Crippen LogP contribution in [0.1, 0.15) is 17.5 Å². The highest BCUT2D eigenvalue weighted by Crippen LogP contribution is 2.21. The van der Waals surface area contributed by atoms with Crippen molar-refractivity contribution in [3.63, 3.8) is 0 Å². The lowest BCUT2D eigenvalue weighted by molar-refractivity contribution is 0.388. The van der Waals surface area contributed by atoms with E-state index < -0.39 is 0 Å². The number of benzene rings is 2. The van der Waals surface area contributed by atoms with Gasteiger partial charge in [-0.05, 0) is 49.3 Å². The molecule has 0 amide bonds. The number of aryl methyl sites for hydroxylation is 2. The Bertz CT molecular complexity index is 930. The minimum absolute atomic E-state index is 0.233. The van der Waals surface area contributed by atoms with Crippen LogP contribution >= 0.6 is 23.8 Å².